The van der Waals surface area contributed by atoms with Crippen LogP contribution >= 0.6 is 0 Å². The van der Waals surface area contributed by atoms with Crippen LogP contribution in [0, 0.1) is 23.7 Å². The molecule has 2 atom stereocenters. The third kappa shape index (κ3) is 21.1. The van der Waals surface area contributed by atoms with Crippen molar-refractivity contribution in [3.63, 3.8) is 0 Å². The summed E-state index contributed by atoms with van der Waals surface area (Å²) in [5, 5.41) is 0. The Bertz CT molecular complexity index is 3270. The molecule has 7 aromatic rings. The van der Waals surface area contributed by atoms with Crippen molar-refractivity contribution in [3.8, 4) is 58.2 Å². The molecule has 0 spiro atoms. The summed E-state index contributed by atoms with van der Waals surface area (Å²) in [5.41, 5.74) is 6.06. The van der Waals surface area contributed by atoms with Gasteiger partial charge in [-0.3, -0.25) is 0 Å². The molecule has 0 amide bonds. The predicted molar refractivity (Wildman–Crippen MR) is 334 cm³/mol. The Labute approximate surface area is 515 Å². The van der Waals surface area contributed by atoms with Gasteiger partial charge in [0.05, 0.1) is 61.9 Å². The first kappa shape index (κ1) is 63.5. The molecule has 2 saturated heterocycles. The molecule has 0 radical (unpaired) electrons. The number of rotatable bonds is 32. The molecule has 0 bridgehead atoms. The zero-order valence-electron chi connectivity index (χ0n) is 50.0. The lowest BCUT2D eigenvalue weighted by atomic mass is 10.1. The predicted octanol–water partition coefficient (Wildman–Crippen LogP) is 14.0. The summed E-state index contributed by atoms with van der Waals surface area (Å²) in [7, 11) is 0. The van der Waals surface area contributed by atoms with Crippen LogP contribution in [-0.2, 0) is 31.8 Å². The van der Waals surface area contributed by atoms with E-state index in [1.165, 1.54) is 48.2 Å². The first-order valence-electron chi connectivity index (χ1n) is 30.5. The number of aryl methyl sites for hydroxylation is 2. The third-order valence-corrected chi connectivity index (χ3v) is 14.3. The topological polar surface area (TPSA) is 167 Å². The summed E-state index contributed by atoms with van der Waals surface area (Å²) >= 11 is 0. The molecular weight excluding hydrogens is 1110 g/mol. The molecule has 88 heavy (non-hydrogen) atoms. The van der Waals surface area contributed by atoms with Crippen LogP contribution in [0.15, 0.2) is 158 Å². The monoisotopic (exact) mass is 1190 g/mol. The summed E-state index contributed by atoms with van der Waals surface area (Å²) < 4.78 is 57.4. The van der Waals surface area contributed by atoms with Gasteiger partial charge in [-0.05, 0) is 184 Å². The van der Waals surface area contributed by atoms with Crippen LogP contribution in [0.4, 0.5) is 0 Å². The van der Waals surface area contributed by atoms with Crippen molar-refractivity contribution in [2.75, 3.05) is 52.9 Å². The van der Waals surface area contributed by atoms with Gasteiger partial charge in [0, 0.05) is 47.6 Å². The van der Waals surface area contributed by atoms with Crippen molar-refractivity contribution in [3.05, 3.63) is 213 Å². The smallest absolute Gasteiger partial charge is 0.343 e. The van der Waals surface area contributed by atoms with Crippen LogP contribution in [-0.4, -0.2) is 88.9 Å². The van der Waals surface area contributed by atoms with E-state index in [0.717, 1.165) is 101 Å². The fraction of sp³-hybridized carbons (Fsp3) is 0.324. The van der Waals surface area contributed by atoms with E-state index in [2.05, 4.69) is 61.8 Å². The van der Waals surface area contributed by atoms with E-state index in [9.17, 15) is 19.2 Å². The van der Waals surface area contributed by atoms with Crippen LogP contribution in [0.1, 0.15) is 153 Å². The van der Waals surface area contributed by atoms with E-state index in [4.69, 9.17) is 47.4 Å². The molecule has 0 aliphatic carbocycles. The molecule has 14 nitrogen and oxygen atoms in total. The maximum atomic E-state index is 14.1. The van der Waals surface area contributed by atoms with Gasteiger partial charge in [-0.15, -0.1) is 0 Å². The Balaban J connectivity index is 0.951. The van der Waals surface area contributed by atoms with E-state index < -0.39 is 23.9 Å². The molecule has 7 aromatic carbocycles. The Hall–Kier alpha value is -9.02. The Morgan fingerprint density at radius 3 is 0.955 bits per heavy atom. The number of unbranched alkanes of at least 4 members (excludes halogenated alkanes) is 6. The van der Waals surface area contributed by atoms with Gasteiger partial charge in [-0.25, -0.2) is 19.2 Å². The maximum Gasteiger partial charge on any atom is 0.343 e. The van der Waals surface area contributed by atoms with E-state index in [0.29, 0.717) is 62.3 Å². The molecule has 454 valence electrons. The van der Waals surface area contributed by atoms with Gasteiger partial charge in [-0.1, -0.05) is 87.5 Å². The molecular formula is C74H74O14. The fourth-order valence-corrected chi connectivity index (χ4v) is 8.94. The zero-order chi connectivity index (χ0) is 61.1. The van der Waals surface area contributed by atoms with Crippen molar-refractivity contribution < 1.29 is 66.5 Å². The molecule has 2 heterocycles. The van der Waals surface area contributed by atoms with E-state index in [1.807, 2.05) is 24.3 Å². The highest BCUT2D eigenvalue weighted by atomic mass is 16.6. The number of carbonyl (C=O) groups excluding carboxylic acids is 4. The molecule has 2 aliphatic heterocycles. The average molecular weight is 1190 g/mol. The minimum atomic E-state index is -0.851. The number of benzene rings is 7. The maximum absolute atomic E-state index is 14.1. The number of ether oxygens (including phenoxy) is 10. The van der Waals surface area contributed by atoms with Crippen molar-refractivity contribution >= 4 is 23.9 Å². The normalized spacial score (nSPS) is 13.6. The molecule has 2 fully saturated rings. The van der Waals surface area contributed by atoms with Crippen LogP contribution in [0.25, 0.3) is 0 Å². The Morgan fingerprint density at radius 1 is 0.375 bits per heavy atom. The van der Waals surface area contributed by atoms with E-state index in [1.54, 1.807) is 72.8 Å². The lowest BCUT2D eigenvalue weighted by Gasteiger charge is -2.16. The molecule has 2 aliphatic rings. The number of hydrogen-bond acceptors (Lipinski definition) is 14. The van der Waals surface area contributed by atoms with Crippen LogP contribution in [0.3, 0.4) is 0 Å². The van der Waals surface area contributed by atoms with E-state index in [-0.39, 0.29) is 57.5 Å². The van der Waals surface area contributed by atoms with Gasteiger partial charge < -0.3 is 47.4 Å². The number of epoxide rings is 2. The van der Waals surface area contributed by atoms with Crippen molar-refractivity contribution in [1.82, 2.24) is 0 Å². The largest absolute Gasteiger partial charge is 0.494 e. The highest BCUT2D eigenvalue weighted by molar-refractivity contribution is 5.96. The van der Waals surface area contributed by atoms with Gasteiger partial charge in [-0.2, -0.15) is 0 Å². The average Bonchev–Trinajstić information content (AvgIpc) is 2.46. The van der Waals surface area contributed by atoms with Gasteiger partial charge in [0.15, 0.2) is 23.0 Å². The van der Waals surface area contributed by atoms with Crippen LogP contribution < -0.4 is 28.4 Å². The summed E-state index contributed by atoms with van der Waals surface area (Å²) in [6, 6.07) is 44.4. The molecule has 14 heteroatoms. The van der Waals surface area contributed by atoms with Crippen molar-refractivity contribution in [2.45, 2.75) is 103 Å². The first-order chi connectivity index (χ1) is 43.1. The Kier molecular flexibility index (Phi) is 24.4. The third-order valence-electron chi connectivity index (χ3n) is 14.3. The summed E-state index contributed by atoms with van der Waals surface area (Å²) in [6.45, 7) is 9.12. The number of esters is 4. The van der Waals surface area contributed by atoms with Crippen molar-refractivity contribution in [2.24, 2.45) is 0 Å². The summed E-state index contributed by atoms with van der Waals surface area (Å²) in [6.07, 6.45) is 12.6. The standard InChI is InChI=1S/C74H74O14/c1-3-5-7-13-53-15-19-55(20-16-53)23-25-57-27-31-59(32-28-57)71(75)85-67-47-70(88-74(78)62-37-41-64(42-38-62)82-46-12-10-44-80-50-66-52-84-66)68(48-69(67)87-73(77)61-35-39-63(40-36-61)81-45-11-9-43-79-49-65-51-83-65)86-72(76)60-33-29-58(30-34-60)26-24-56-21-17-54(18-22-56)14-8-6-4-2/h15-22,27-42,47-48,65-66H,3-14,43-46,49-52H2,1-2H3. The van der Waals surface area contributed by atoms with Gasteiger partial charge in [0.1, 0.15) is 23.7 Å². The second-order valence-electron chi connectivity index (χ2n) is 21.5. The van der Waals surface area contributed by atoms with Crippen LogP contribution in [0.2, 0.25) is 0 Å². The molecule has 2 unspecified atom stereocenters. The minimum Gasteiger partial charge on any atom is -0.494 e. The lowest BCUT2D eigenvalue weighted by molar-refractivity contribution is 0.0662. The lowest BCUT2D eigenvalue weighted by Crippen LogP contribution is -2.16. The highest BCUT2D eigenvalue weighted by Crippen LogP contribution is 2.42. The van der Waals surface area contributed by atoms with Gasteiger partial charge in [0.25, 0.3) is 0 Å². The quantitative estimate of drug-likeness (QED) is 0.0128. The molecule has 0 aromatic heterocycles. The number of hydrogen-bond donors (Lipinski definition) is 0. The highest BCUT2D eigenvalue weighted by Gasteiger charge is 2.26. The van der Waals surface area contributed by atoms with E-state index >= 15 is 0 Å². The number of carbonyl (C=O) groups is 4. The zero-order valence-corrected chi connectivity index (χ0v) is 50.0. The summed E-state index contributed by atoms with van der Waals surface area (Å²) in [5.74, 6) is 9.02. The second kappa shape index (κ2) is 33.8. The Morgan fingerprint density at radius 2 is 0.659 bits per heavy atom. The summed E-state index contributed by atoms with van der Waals surface area (Å²) in [4.78, 5) is 56.4. The molecule has 0 N–H and O–H groups in total. The second-order valence-corrected chi connectivity index (χ2v) is 21.5. The minimum absolute atomic E-state index is 0.123. The molecule has 9 rings (SSSR count). The molecule has 0 saturated carbocycles. The van der Waals surface area contributed by atoms with Crippen LogP contribution in [0.5, 0.6) is 34.5 Å². The van der Waals surface area contributed by atoms with Gasteiger partial charge >= 0.3 is 23.9 Å². The van der Waals surface area contributed by atoms with Gasteiger partial charge in [0.2, 0.25) is 0 Å². The first-order valence-corrected chi connectivity index (χ1v) is 30.5. The van der Waals surface area contributed by atoms with Crippen molar-refractivity contribution in [1.29, 1.82) is 0 Å². The fourth-order valence-electron chi connectivity index (χ4n) is 8.94. The SMILES string of the molecule is CCCCCc1ccc(C#Cc2ccc(C(=O)Oc3cc(OC(=O)c4ccc(OCCCCOCC5CO5)cc4)c(OC(=O)c4ccc(C#Cc5ccc(CCCCC)cc5)cc4)cc3OC(=O)c3ccc(OCCCCOCC4CO4)cc3)cc2)cc1.